The number of nitrogens with two attached hydrogens (primary N) is 1. The van der Waals surface area contributed by atoms with Crippen LogP contribution in [0, 0.1) is 0 Å². The van der Waals surface area contributed by atoms with E-state index in [9.17, 15) is 9.90 Å². The largest absolute Gasteiger partial charge is 0.505 e. The van der Waals surface area contributed by atoms with Crippen molar-refractivity contribution in [1.29, 1.82) is 0 Å². The number of benzene rings is 1. The fourth-order valence-corrected chi connectivity index (χ4v) is 3.40. The van der Waals surface area contributed by atoms with Crippen molar-refractivity contribution in [3.8, 4) is 5.75 Å². The van der Waals surface area contributed by atoms with Crippen LogP contribution in [0.3, 0.4) is 0 Å². The molecule has 1 aromatic carbocycles. The molecule has 144 valence electrons. The van der Waals surface area contributed by atoms with E-state index in [1.807, 2.05) is 4.90 Å². The summed E-state index contributed by atoms with van der Waals surface area (Å²) in [4.78, 5) is 25.1. The van der Waals surface area contributed by atoms with Crippen LogP contribution < -0.4 is 16.0 Å². The van der Waals surface area contributed by atoms with Gasteiger partial charge in [-0.05, 0) is 18.2 Å². The number of anilines is 4. The second kappa shape index (κ2) is 7.64. The van der Waals surface area contributed by atoms with Crippen LogP contribution in [0.1, 0.15) is 10.4 Å². The molecule has 3 heterocycles. The number of nitrogen functional groups attached to an aromatic ring is 1. The van der Waals surface area contributed by atoms with Crippen LogP contribution >= 0.6 is 11.7 Å². The molecular weight excluding hydrogens is 380 g/mol. The van der Waals surface area contributed by atoms with Crippen molar-refractivity contribution >= 4 is 40.9 Å². The maximum absolute atomic E-state index is 12.9. The van der Waals surface area contributed by atoms with Gasteiger partial charge < -0.3 is 26.0 Å². The number of amides is 1. The lowest BCUT2D eigenvalue weighted by Crippen LogP contribution is -2.49. The highest BCUT2D eigenvalue weighted by molar-refractivity contribution is 6.99. The summed E-state index contributed by atoms with van der Waals surface area (Å²) in [5, 5.41) is 13.5. The number of nitrogens with one attached hydrogen (secondary N) is 1. The number of hydrogen-bond acceptors (Lipinski definition) is 10. The molecular formula is C17H18N8O2S. The van der Waals surface area contributed by atoms with Gasteiger partial charge in [0.1, 0.15) is 0 Å². The first kappa shape index (κ1) is 17.9. The van der Waals surface area contributed by atoms with Gasteiger partial charge in [-0.1, -0.05) is 6.07 Å². The first-order valence-corrected chi connectivity index (χ1v) is 9.35. The van der Waals surface area contributed by atoms with E-state index in [1.165, 1.54) is 0 Å². The third-order valence-electron chi connectivity index (χ3n) is 4.44. The minimum atomic E-state index is -0.237. The zero-order chi connectivity index (χ0) is 19.5. The van der Waals surface area contributed by atoms with Crippen LogP contribution in [0.5, 0.6) is 5.75 Å². The Morgan fingerprint density at radius 2 is 1.86 bits per heavy atom. The smallest absolute Gasteiger partial charge is 0.257 e. The van der Waals surface area contributed by atoms with E-state index in [0.29, 0.717) is 43.6 Å². The Labute approximate surface area is 165 Å². The SMILES string of the molecule is Nc1nsnc1Nc1cccc(C(=O)N2CCN(c3ncccn3)CC2)c1O. The molecule has 1 saturated heterocycles. The number of carbonyl (C=O) groups is 1. The third-order valence-corrected chi connectivity index (χ3v) is 4.98. The van der Waals surface area contributed by atoms with Gasteiger partial charge in [0, 0.05) is 38.6 Å². The van der Waals surface area contributed by atoms with E-state index >= 15 is 0 Å². The monoisotopic (exact) mass is 398 g/mol. The number of phenols is 1. The average molecular weight is 398 g/mol. The predicted octanol–water partition coefficient (Wildman–Crippen LogP) is 1.32. The number of phenolic OH excluding ortho intramolecular Hbond substituents is 1. The third kappa shape index (κ3) is 3.51. The molecule has 3 aromatic rings. The van der Waals surface area contributed by atoms with Crippen LogP contribution in [-0.4, -0.2) is 60.8 Å². The molecule has 28 heavy (non-hydrogen) atoms. The normalized spacial score (nSPS) is 14.1. The number of rotatable bonds is 4. The Balaban J connectivity index is 1.47. The minimum absolute atomic E-state index is 0.145. The van der Waals surface area contributed by atoms with Crippen LogP contribution in [0.25, 0.3) is 0 Å². The lowest BCUT2D eigenvalue weighted by Gasteiger charge is -2.34. The second-order valence-electron chi connectivity index (χ2n) is 6.15. The zero-order valence-electron chi connectivity index (χ0n) is 14.8. The molecule has 0 aliphatic carbocycles. The summed E-state index contributed by atoms with van der Waals surface area (Å²) in [5.41, 5.74) is 6.28. The molecule has 0 spiro atoms. The van der Waals surface area contributed by atoms with Crippen molar-refractivity contribution in [3.63, 3.8) is 0 Å². The quantitative estimate of drug-likeness (QED) is 0.556. The van der Waals surface area contributed by atoms with E-state index in [1.54, 1.807) is 41.6 Å². The van der Waals surface area contributed by atoms with E-state index in [-0.39, 0.29) is 23.0 Å². The van der Waals surface area contributed by atoms with Crippen molar-refractivity contribution in [2.24, 2.45) is 0 Å². The van der Waals surface area contributed by atoms with E-state index < -0.39 is 0 Å². The van der Waals surface area contributed by atoms with Crippen molar-refractivity contribution in [2.45, 2.75) is 0 Å². The topological polar surface area (TPSA) is 133 Å². The Morgan fingerprint density at radius 3 is 2.54 bits per heavy atom. The van der Waals surface area contributed by atoms with Crippen LogP contribution in [-0.2, 0) is 0 Å². The molecule has 2 aromatic heterocycles. The Morgan fingerprint density at radius 1 is 1.11 bits per heavy atom. The molecule has 0 unspecified atom stereocenters. The average Bonchev–Trinajstić information content (AvgIpc) is 3.14. The highest BCUT2D eigenvalue weighted by Crippen LogP contribution is 2.32. The minimum Gasteiger partial charge on any atom is -0.505 e. The van der Waals surface area contributed by atoms with Crippen molar-refractivity contribution in [1.82, 2.24) is 23.6 Å². The maximum atomic E-state index is 12.9. The maximum Gasteiger partial charge on any atom is 0.257 e. The van der Waals surface area contributed by atoms with E-state index in [0.717, 1.165) is 11.7 Å². The lowest BCUT2D eigenvalue weighted by molar-refractivity contribution is 0.0743. The number of hydrogen-bond donors (Lipinski definition) is 3. The summed E-state index contributed by atoms with van der Waals surface area (Å²) in [7, 11) is 0. The molecule has 10 nitrogen and oxygen atoms in total. The summed E-state index contributed by atoms with van der Waals surface area (Å²) in [6.07, 6.45) is 3.39. The number of para-hydroxylation sites is 1. The summed E-state index contributed by atoms with van der Waals surface area (Å²) < 4.78 is 7.90. The molecule has 1 aliphatic rings. The van der Waals surface area contributed by atoms with Gasteiger partial charge in [0.2, 0.25) is 5.95 Å². The van der Waals surface area contributed by atoms with Crippen molar-refractivity contribution < 1.29 is 9.90 Å². The van der Waals surface area contributed by atoms with Gasteiger partial charge in [-0.3, -0.25) is 4.79 Å². The lowest BCUT2D eigenvalue weighted by atomic mass is 10.1. The Hall–Kier alpha value is -3.47. The van der Waals surface area contributed by atoms with Crippen LogP contribution in [0.15, 0.2) is 36.7 Å². The van der Waals surface area contributed by atoms with E-state index in [4.69, 9.17) is 5.73 Å². The number of aromatic hydroxyl groups is 1. The first-order valence-electron chi connectivity index (χ1n) is 8.62. The fourth-order valence-electron chi connectivity index (χ4n) is 2.96. The number of carbonyl (C=O) groups excluding carboxylic acids is 1. The summed E-state index contributed by atoms with van der Waals surface area (Å²) in [6.45, 7) is 2.26. The molecule has 0 radical (unpaired) electrons. The molecule has 1 aliphatic heterocycles. The van der Waals surface area contributed by atoms with Crippen molar-refractivity contribution in [2.75, 3.05) is 42.1 Å². The molecule has 1 fully saturated rings. The molecule has 4 rings (SSSR count). The summed E-state index contributed by atoms with van der Waals surface area (Å²) in [5.74, 6) is 0.854. The zero-order valence-corrected chi connectivity index (χ0v) is 15.6. The van der Waals surface area contributed by atoms with E-state index in [2.05, 4.69) is 24.0 Å². The Kier molecular flexibility index (Phi) is 4.89. The first-order chi connectivity index (χ1) is 13.6. The van der Waals surface area contributed by atoms with Gasteiger partial charge in [0.05, 0.1) is 23.0 Å². The second-order valence-corrected chi connectivity index (χ2v) is 6.68. The van der Waals surface area contributed by atoms with Crippen LogP contribution in [0.4, 0.5) is 23.3 Å². The molecule has 0 saturated carbocycles. The molecule has 0 bridgehead atoms. The number of piperazine rings is 1. The van der Waals surface area contributed by atoms with Gasteiger partial charge in [0.25, 0.3) is 5.91 Å². The molecule has 0 atom stereocenters. The molecule has 4 N–H and O–H groups in total. The molecule has 1 amide bonds. The van der Waals surface area contributed by atoms with Gasteiger partial charge in [0.15, 0.2) is 17.4 Å². The van der Waals surface area contributed by atoms with Crippen molar-refractivity contribution in [3.05, 3.63) is 42.2 Å². The number of aromatic nitrogens is 4. The standard InChI is InChI=1S/C17H18N8O2S/c18-14-15(23-28-22-14)21-12-4-1-3-11(13(12)26)16(27)24-7-9-25(10-8-24)17-19-5-2-6-20-17/h1-6,26H,7-10H2,(H2,18,22)(H,21,23). The predicted molar refractivity (Wildman–Crippen MR) is 106 cm³/mol. The van der Waals surface area contributed by atoms with Gasteiger partial charge in [-0.25, -0.2) is 9.97 Å². The fraction of sp³-hybridized carbons (Fsp3) is 0.235. The summed E-state index contributed by atoms with van der Waals surface area (Å²) >= 11 is 0.964. The highest BCUT2D eigenvalue weighted by Gasteiger charge is 2.26. The Bertz CT molecular complexity index is 972. The van der Waals surface area contributed by atoms with Gasteiger partial charge in [-0.15, -0.1) is 0 Å². The van der Waals surface area contributed by atoms with Gasteiger partial charge in [-0.2, -0.15) is 8.75 Å². The van der Waals surface area contributed by atoms with Crippen LogP contribution in [0.2, 0.25) is 0 Å². The molecule has 11 heteroatoms. The summed E-state index contributed by atoms with van der Waals surface area (Å²) in [6, 6.07) is 6.70. The number of nitrogens with zero attached hydrogens (tertiary/aromatic N) is 6. The van der Waals surface area contributed by atoms with Gasteiger partial charge >= 0.3 is 0 Å². The highest BCUT2D eigenvalue weighted by atomic mass is 32.1.